The van der Waals surface area contributed by atoms with Gasteiger partial charge in [-0.3, -0.25) is 10.2 Å². The molecule has 5 nitrogen and oxygen atoms in total. The maximum atomic E-state index is 10.5. The first-order chi connectivity index (χ1) is 4.70. The Morgan fingerprint density at radius 1 is 1.40 bits per heavy atom. The third kappa shape index (κ3) is 3.71. The molecule has 0 spiro atoms. The Balaban J connectivity index is 3.35. The molecule has 0 atom stereocenters. The molecule has 0 aliphatic rings. The molecule has 0 aromatic rings. The first kappa shape index (κ1) is 8.74. The number of hydrogen-bond donors (Lipinski definition) is 2. The van der Waals surface area contributed by atoms with Crippen molar-refractivity contribution < 1.29 is 14.3 Å². The predicted molar refractivity (Wildman–Crippen MR) is 34.0 cm³/mol. The highest BCUT2D eigenvalue weighted by Gasteiger charge is 1.98. The van der Waals surface area contributed by atoms with E-state index in [4.69, 9.17) is 0 Å². The topological polar surface area (TPSA) is 67.4 Å². The summed E-state index contributed by atoms with van der Waals surface area (Å²) in [7, 11) is 1.22. The van der Waals surface area contributed by atoms with Crippen molar-refractivity contribution in [2.45, 2.75) is 13.3 Å². The van der Waals surface area contributed by atoms with Crippen molar-refractivity contribution >= 4 is 12.0 Å². The summed E-state index contributed by atoms with van der Waals surface area (Å²) in [4.78, 5) is 20.7. The first-order valence-corrected chi connectivity index (χ1v) is 2.83. The number of hydrogen-bond acceptors (Lipinski definition) is 3. The van der Waals surface area contributed by atoms with E-state index in [1.807, 2.05) is 5.43 Å². The Kier molecular flexibility index (Phi) is 4.02. The van der Waals surface area contributed by atoms with Gasteiger partial charge in [-0.1, -0.05) is 6.92 Å². The van der Waals surface area contributed by atoms with Crippen LogP contribution >= 0.6 is 0 Å². The van der Waals surface area contributed by atoms with Gasteiger partial charge in [0, 0.05) is 6.42 Å². The van der Waals surface area contributed by atoms with Crippen LogP contribution in [0.4, 0.5) is 4.79 Å². The lowest BCUT2D eigenvalue weighted by atomic mass is 10.5. The summed E-state index contributed by atoms with van der Waals surface area (Å²) in [6.45, 7) is 1.67. The first-order valence-electron chi connectivity index (χ1n) is 2.83. The zero-order valence-electron chi connectivity index (χ0n) is 5.93. The fourth-order valence-corrected chi connectivity index (χ4v) is 0.260. The number of ether oxygens (including phenoxy) is 1. The Hall–Kier alpha value is -1.26. The summed E-state index contributed by atoms with van der Waals surface area (Å²) in [5, 5.41) is 0. The Labute approximate surface area is 58.7 Å². The van der Waals surface area contributed by atoms with Gasteiger partial charge in [-0.2, -0.15) is 0 Å². The van der Waals surface area contributed by atoms with E-state index in [-0.39, 0.29) is 5.91 Å². The standard InChI is InChI=1S/C5H10N2O3/c1-3-4(8)6-7-5(9)10-2/h3H2,1-2H3,(H,6,8)(H,7,9). The second kappa shape index (κ2) is 4.60. The van der Waals surface area contributed by atoms with Gasteiger partial charge in [0.05, 0.1) is 7.11 Å². The Bertz CT molecular complexity index is 119. The van der Waals surface area contributed by atoms with Crippen LogP contribution in [0.15, 0.2) is 0 Å². The molecule has 5 heteroatoms. The van der Waals surface area contributed by atoms with Gasteiger partial charge in [-0.15, -0.1) is 0 Å². The molecule has 10 heavy (non-hydrogen) atoms. The van der Waals surface area contributed by atoms with Crippen LogP contribution in [0.5, 0.6) is 0 Å². The van der Waals surface area contributed by atoms with Crippen molar-refractivity contribution in [3.63, 3.8) is 0 Å². The van der Waals surface area contributed by atoms with Crippen molar-refractivity contribution in [1.82, 2.24) is 10.9 Å². The molecule has 0 aliphatic heterocycles. The molecule has 0 rings (SSSR count). The van der Waals surface area contributed by atoms with Crippen LogP contribution in [0.1, 0.15) is 13.3 Å². The van der Waals surface area contributed by atoms with Crippen LogP contribution in [-0.4, -0.2) is 19.1 Å². The number of amides is 2. The van der Waals surface area contributed by atoms with Gasteiger partial charge in [0.15, 0.2) is 0 Å². The lowest BCUT2D eigenvalue weighted by Crippen LogP contribution is -2.41. The van der Waals surface area contributed by atoms with E-state index < -0.39 is 6.09 Å². The molecule has 0 aliphatic carbocycles. The smallest absolute Gasteiger partial charge is 0.425 e. The highest BCUT2D eigenvalue weighted by atomic mass is 16.5. The number of hydrazine groups is 1. The van der Waals surface area contributed by atoms with Crippen LogP contribution in [0.3, 0.4) is 0 Å². The van der Waals surface area contributed by atoms with Gasteiger partial charge >= 0.3 is 6.09 Å². The molecule has 2 N–H and O–H groups in total. The lowest BCUT2D eigenvalue weighted by Gasteiger charge is -2.02. The Morgan fingerprint density at radius 3 is 2.40 bits per heavy atom. The van der Waals surface area contributed by atoms with Gasteiger partial charge in [-0.05, 0) is 0 Å². The summed E-state index contributed by atoms with van der Waals surface area (Å²) >= 11 is 0. The SMILES string of the molecule is CCC(=O)NNC(=O)OC. The monoisotopic (exact) mass is 146 g/mol. The molecule has 0 heterocycles. The average molecular weight is 146 g/mol. The van der Waals surface area contributed by atoms with Gasteiger partial charge in [-0.25, -0.2) is 10.2 Å². The zero-order valence-corrected chi connectivity index (χ0v) is 5.93. The second-order valence-corrected chi connectivity index (χ2v) is 1.52. The molecule has 0 aromatic heterocycles. The van der Waals surface area contributed by atoms with E-state index in [1.165, 1.54) is 7.11 Å². The average Bonchev–Trinajstić information content (AvgIpc) is 1.99. The fraction of sp³-hybridized carbons (Fsp3) is 0.600. The van der Waals surface area contributed by atoms with Crippen molar-refractivity contribution in [3.05, 3.63) is 0 Å². The Morgan fingerprint density at radius 2 is 2.00 bits per heavy atom. The maximum absolute atomic E-state index is 10.5. The van der Waals surface area contributed by atoms with Gasteiger partial charge in [0.2, 0.25) is 5.91 Å². The molecule has 0 radical (unpaired) electrons. The molecular weight excluding hydrogens is 136 g/mol. The minimum absolute atomic E-state index is 0.259. The molecular formula is C5H10N2O3. The molecule has 0 fully saturated rings. The fourth-order valence-electron chi connectivity index (χ4n) is 0.260. The summed E-state index contributed by atoms with van der Waals surface area (Å²) < 4.78 is 4.18. The van der Waals surface area contributed by atoms with Crippen molar-refractivity contribution in [1.29, 1.82) is 0 Å². The van der Waals surface area contributed by atoms with Crippen molar-refractivity contribution in [3.8, 4) is 0 Å². The lowest BCUT2D eigenvalue weighted by molar-refractivity contribution is -0.121. The molecule has 0 unspecified atom stereocenters. The second-order valence-electron chi connectivity index (χ2n) is 1.52. The van der Waals surface area contributed by atoms with Crippen molar-refractivity contribution in [2.24, 2.45) is 0 Å². The molecule has 58 valence electrons. The summed E-state index contributed by atoms with van der Waals surface area (Å²) in [5.41, 5.74) is 4.14. The van der Waals surface area contributed by atoms with E-state index in [1.54, 1.807) is 6.92 Å². The van der Waals surface area contributed by atoms with Gasteiger partial charge in [0.25, 0.3) is 0 Å². The van der Waals surface area contributed by atoms with Crippen LogP contribution in [-0.2, 0) is 9.53 Å². The van der Waals surface area contributed by atoms with Crippen LogP contribution in [0.2, 0.25) is 0 Å². The zero-order chi connectivity index (χ0) is 7.98. The third-order valence-electron chi connectivity index (χ3n) is 0.810. The quantitative estimate of drug-likeness (QED) is 0.503. The molecule has 0 saturated heterocycles. The summed E-state index contributed by atoms with van der Waals surface area (Å²) in [6, 6.07) is 0. The third-order valence-corrected chi connectivity index (χ3v) is 0.810. The van der Waals surface area contributed by atoms with E-state index in [0.29, 0.717) is 6.42 Å². The largest absolute Gasteiger partial charge is 0.452 e. The van der Waals surface area contributed by atoms with E-state index in [0.717, 1.165) is 0 Å². The summed E-state index contributed by atoms with van der Waals surface area (Å²) in [5.74, 6) is -0.259. The number of methoxy groups -OCH3 is 1. The van der Waals surface area contributed by atoms with E-state index in [2.05, 4.69) is 10.2 Å². The number of nitrogens with one attached hydrogen (secondary N) is 2. The normalized spacial score (nSPS) is 8.20. The molecule has 0 saturated carbocycles. The highest BCUT2D eigenvalue weighted by molar-refractivity contribution is 5.78. The minimum atomic E-state index is -0.679. The number of rotatable bonds is 1. The number of carbonyl (C=O) groups excluding carboxylic acids is 2. The van der Waals surface area contributed by atoms with Gasteiger partial charge in [0.1, 0.15) is 0 Å². The van der Waals surface area contributed by atoms with Crippen molar-refractivity contribution in [2.75, 3.05) is 7.11 Å². The maximum Gasteiger partial charge on any atom is 0.425 e. The van der Waals surface area contributed by atoms with E-state index >= 15 is 0 Å². The van der Waals surface area contributed by atoms with Crippen LogP contribution < -0.4 is 10.9 Å². The highest BCUT2D eigenvalue weighted by Crippen LogP contribution is 1.72. The van der Waals surface area contributed by atoms with Gasteiger partial charge < -0.3 is 4.74 Å². The minimum Gasteiger partial charge on any atom is -0.452 e. The predicted octanol–water partition coefficient (Wildman–Crippen LogP) is -0.216. The van der Waals surface area contributed by atoms with E-state index in [9.17, 15) is 9.59 Å². The number of carbonyl (C=O) groups is 2. The van der Waals surface area contributed by atoms with Crippen LogP contribution in [0.25, 0.3) is 0 Å². The molecule has 0 bridgehead atoms. The molecule has 0 aromatic carbocycles. The molecule has 2 amide bonds. The van der Waals surface area contributed by atoms with Crippen LogP contribution in [0, 0.1) is 0 Å². The summed E-state index contributed by atoms with van der Waals surface area (Å²) in [6.07, 6.45) is -0.355.